The van der Waals surface area contributed by atoms with E-state index in [1.807, 2.05) is 13.8 Å². The molecule has 192 valence electrons. The number of rotatable bonds is 6. The summed E-state index contributed by atoms with van der Waals surface area (Å²) in [4.78, 5) is 13.3. The minimum absolute atomic E-state index is 0.0317. The van der Waals surface area contributed by atoms with Gasteiger partial charge in [-0.25, -0.2) is 13.2 Å². The number of piperidine rings is 1. The summed E-state index contributed by atoms with van der Waals surface area (Å²) in [5.74, 6) is 0.556. The molecule has 9 nitrogen and oxygen atoms in total. The molecule has 34 heavy (non-hydrogen) atoms. The van der Waals surface area contributed by atoms with Crippen LogP contribution in [0.15, 0.2) is 29.2 Å². The summed E-state index contributed by atoms with van der Waals surface area (Å²) in [6.07, 6.45) is -8.25. The van der Waals surface area contributed by atoms with Gasteiger partial charge in [0.05, 0.1) is 29.8 Å². The summed E-state index contributed by atoms with van der Waals surface area (Å²) in [6.45, 7) is 2.79. The van der Waals surface area contributed by atoms with Crippen LogP contribution in [0, 0.1) is 0 Å². The lowest BCUT2D eigenvalue weighted by Gasteiger charge is -2.46. The van der Waals surface area contributed by atoms with Crippen LogP contribution in [0.4, 0.5) is 18.0 Å². The number of carbonyl (C=O) groups is 1. The molecule has 0 saturated carbocycles. The van der Waals surface area contributed by atoms with Gasteiger partial charge in [-0.2, -0.15) is 17.5 Å². The third-order valence-electron chi connectivity index (χ3n) is 5.75. The number of halogens is 3. The number of alkyl halides is 3. The maximum absolute atomic E-state index is 13.2. The van der Waals surface area contributed by atoms with Gasteiger partial charge in [0.25, 0.3) is 0 Å². The van der Waals surface area contributed by atoms with E-state index in [0.717, 1.165) is 4.90 Å². The highest BCUT2D eigenvalue weighted by Gasteiger charge is 2.46. The molecule has 13 heteroatoms. The maximum Gasteiger partial charge on any atom is 0.427 e. The monoisotopic (exact) mass is 510 g/mol. The molecule has 0 aromatic heterocycles. The summed E-state index contributed by atoms with van der Waals surface area (Å²) in [6, 6.07) is 6.14. The molecule has 1 amide bonds. The molecular formula is C21H29F3N2O7S. The van der Waals surface area contributed by atoms with Crippen LogP contribution in [0.25, 0.3) is 0 Å². The van der Waals surface area contributed by atoms with E-state index in [1.54, 1.807) is 12.1 Å². The Morgan fingerprint density at radius 3 is 2.32 bits per heavy atom. The minimum atomic E-state index is -4.87. The van der Waals surface area contributed by atoms with Gasteiger partial charge in [0, 0.05) is 26.2 Å². The number of aliphatic hydroxyl groups excluding tert-OH is 1. The Morgan fingerprint density at radius 1 is 1.18 bits per heavy atom. The van der Waals surface area contributed by atoms with Crippen molar-refractivity contribution >= 4 is 16.1 Å². The van der Waals surface area contributed by atoms with E-state index in [-0.39, 0.29) is 56.6 Å². The van der Waals surface area contributed by atoms with E-state index >= 15 is 0 Å². The van der Waals surface area contributed by atoms with Gasteiger partial charge in [0.15, 0.2) is 0 Å². The number of benzene rings is 1. The first-order valence-corrected chi connectivity index (χ1v) is 12.3. The Bertz CT molecular complexity index is 946. The molecule has 2 fully saturated rings. The van der Waals surface area contributed by atoms with Gasteiger partial charge >= 0.3 is 12.3 Å². The van der Waals surface area contributed by atoms with Crippen molar-refractivity contribution in [3.05, 3.63) is 24.3 Å². The third-order valence-corrected chi connectivity index (χ3v) is 7.61. The van der Waals surface area contributed by atoms with Crippen LogP contribution in [0.2, 0.25) is 0 Å². The molecule has 1 aromatic carbocycles. The van der Waals surface area contributed by atoms with Crippen LogP contribution >= 0.6 is 0 Å². The molecule has 0 radical (unpaired) electrons. The number of ether oxygens (including phenoxy) is 3. The molecule has 0 aliphatic carbocycles. The van der Waals surface area contributed by atoms with Crippen LogP contribution in [0.3, 0.4) is 0 Å². The second-order valence-corrected chi connectivity index (χ2v) is 10.5. The quantitative estimate of drug-likeness (QED) is 0.627. The number of nitrogens with zero attached hydrogens (tertiary/aromatic N) is 2. The zero-order valence-corrected chi connectivity index (χ0v) is 19.8. The van der Waals surface area contributed by atoms with Gasteiger partial charge in [0.2, 0.25) is 16.1 Å². The molecule has 2 aliphatic rings. The smallest absolute Gasteiger partial charge is 0.427 e. The number of hydrogen-bond donors (Lipinski definition) is 1. The van der Waals surface area contributed by atoms with Crippen LogP contribution < -0.4 is 4.74 Å². The molecule has 0 unspecified atom stereocenters. The highest BCUT2D eigenvalue weighted by molar-refractivity contribution is 7.89. The molecule has 0 bridgehead atoms. The van der Waals surface area contributed by atoms with Gasteiger partial charge in [-0.15, -0.1) is 0 Å². The van der Waals surface area contributed by atoms with Crippen molar-refractivity contribution in [3.63, 3.8) is 0 Å². The zero-order valence-electron chi connectivity index (χ0n) is 19.0. The van der Waals surface area contributed by atoms with Crippen molar-refractivity contribution in [3.8, 4) is 5.75 Å². The van der Waals surface area contributed by atoms with Crippen LogP contribution in [0.1, 0.15) is 26.7 Å². The zero-order chi connectivity index (χ0) is 25.1. The van der Waals surface area contributed by atoms with Crippen LogP contribution in [0.5, 0.6) is 5.75 Å². The number of likely N-dealkylation sites (tertiary alicyclic amines) is 1. The summed E-state index contributed by atoms with van der Waals surface area (Å²) in [5.41, 5.74) is -0.858. The van der Waals surface area contributed by atoms with Crippen LogP contribution in [-0.4, -0.2) is 92.2 Å². The number of carbonyl (C=O) groups excluding carboxylic acids is 1. The van der Waals surface area contributed by atoms with E-state index in [2.05, 4.69) is 4.74 Å². The topological polar surface area (TPSA) is 106 Å². The summed E-state index contributed by atoms with van der Waals surface area (Å²) >= 11 is 0. The lowest BCUT2D eigenvalue weighted by molar-refractivity contribution is -0.215. The maximum atomic E-state index is 13.2. The second-order valence-electron chi connectivity index (χ2n) is 8.59. The predicted octanol–water partition coefficient (Wildman–Crippen LogP) is 2.39. The Balaban J connectivity index is 1.63. The molecule has 2 heterocycles. The summed E-state index contributed by atoms with van der Waals surface area (Å²) in [7, 11) is -3.81. The lowest BCUT2D eigenvalue weighted by atomic mass is 9.90. The molecule has 1 aromatic rings. The van der Waals surface area contributed by atoms with Gasteiger partial charge < -0.3 is 24.2 Å². The molecule has 1 spiro atoms. The SMILES string of the molecule is CC(C)Oc1ccc(S(=O)(=O)N2CCOC3(CCN(C(=O)O[C@H](CO)C(F)(F)F)CC3)C2)cc1. The van der Waals surface area contributed by atoms with Crippen molar-refractivity contribution in [1.29, 1.82) is 0 Å². The van der Waals surface area contributed by atoms with Crippen molar-refractivity contribution < 1.29 is 45.7 Å². The van der Waals surface area contributed by atoms with E-state index in [9.17, 15) is 26.4 Å². The molecule has 1 N–H and O–H groups in total. The highest BCUT2D eigenvalue weighted by atomic mass is 32.2. The molecule has 2 saturated heterocycles. The Morgan fingerprint density at radius 2 is 1.79 bits per heavy atom. The second kappa shape index (κ2) is 10.3. The van der Waals surface area contributed by atoms with Gasteiger partial charge in [0.1, 0.15) is 5.75 Å². The van der Waals surface area contributed by atoms with E-state index < -0.39 is 40.6 Å². The highest BCUT2D eigenvalue weighted by Crippen LogP contribution is 2.33. The first-order valence-electron chi connectivity index (χ1n) is 10.9. The predicted molar refractivity (Wildman–Crippen MR) is 114 cm³/mol. The van der Waals surface area contributed by atoms with Gasteiger partial charge in [-0.05, 0) is 51.0 Å². The summed E-state index contributed by atoms with van der Waals surface area (Å²) in [5, 5.41) is 8.86. The normalized spacial score (nSPS) is 20.4. The Hall–Kier alpha value is -2.09. The fraction of sp³-hybridized carbons (Fsp3) is 0.667. The van der Waals surface area contributed by atoms with Crippen LogP contribution in [-0.2, 0) is 19.5 Å². The Labute approximate surface area is 196 Å². The van der Waals surface area contributed by atoms with Crippen molar-refractivity contribution in [2.75, 3.05) is 39.4 Å². The number of hydrogen-bond acceptors (Lipinski definition) is 7. The van der Waals surface area contributed by atoms with Gasteiger partial charge in [-0.1, -0.05) is 0 Å². The van der Waals surface area contributed by atoms with E-state index in [4.69, 9.17) is 14.6 Å². The van der Waals surface area contributed by atoms with Crippen molar-refractivity contribution in [2.45, 2.75) is 55.6 Å². The molecule has 3 rings (SSSR count). The fourth-order valence-electron chi connectivity index (χ4n) is 3.93. The number of sulfonamides is 1. The Kier molecular flexibility index (Phi) is 8.00. The summed E-state index contributed by atoms with van der Waals surface area (Å²) < 4.78 is 81.8. The number of aliphatic hydroxyl groups is 1. The standard InChI is InChI=1S/C21H29F3N2O7S/c1-15(2)32-16-3-5-17(6-4-16)34(29,30)26-11-12-31-20(14-26)7-9-25(10-8-20)19(28)33-18(13-27)21(22,23)24/h3-6,15,18,27H,7-14H2,1-2H3/t18-/m1/s1. The van der Waals surface area contributed by atoms with Gasteiger partial charge in [-0.3, -0.25) is 0 Å². The number of amides is 1. The first-order chi connectivity index (χ1) is 15.9. The third kappa shape index (κ3) is 6.12. The largest absolute Gasteiger partial charge is 0.491 e. The molecule has 2 aliphatic heterocycles. The number of morpholine rings is 1. The average Bonchev–Trinajstić information content (AvgIpc) is 2.77. The average molecular weight is 511 g/mol. The molecule has 1 atom stereocenters. The van der Waals surface area contributed by atoms with E-state index in [1.165, 1.54) is 16.4 Å². The van der Waals surface area contributed by atoms with Crippen molar-refractivity contribution in [2.24, 2.45) is 0 Å². The fourth-order valence-corrected chi connectivity index (χ4v) is 5.43. The van der Waals surface area contributed by atoms with Crippen molar-refractivity contribution in [1.82, 2.24) is 9.21 Å². The van der Waals surface area contributed by atoms with E-state index in [0.29, 0.717) is 5.75 Å². The molecular weight excluding hydrogens is 481 g/mol. The lowest BCUT2D eigenvalue weighted by Crippen LogP contribution is -2.58. The minimum Gasteiger partial charge on any atom is -0.491 e. The first kappa shape index (κ1) is 26.5.